The largest absolute Gasteiger partial charge is 0.468 e. The summed E-state index contributed by atoms with van der Waals surface area (Å²) in [6.45, 7) is 0.191. The van der Waals surface area contributed by atoms with Crippen LogP contribution in [0.2, 0.25) is 0 Å². The molecule has 0 aromatic heterocycles. The first-order chi connectivity index (χ1) is 9.48. The lowest BCUT2D eigenvalue weighted by atomic mass is 10.1. The minimum Gasteiger partial charge on any atom is -0.468 e. The molecule has 1 aliphatic rings. The fraction of sp³-hybridized carbons (Fsp3) is 0.462. The summed E-state index contributed by atoms with van der Waals surface area (Å²) in [5.74, 6) is -1.42. The molecular formula is C13H16FNO4S. The number of carbonyl (C=O) groups is 1. The number of halogens is 1. The minimum atomic E-state index is -4.04. The average Bonchev–Trinajstić information content (AvgIpc) is 2.46. The number of hydrogen-bond donors (Lipinski definition) is 0. The van der Waals surface area contributed by atoms with Crippen LogP contribution in [0, 0.1) is 5.82 Å². The number of methoxy groups -OCH3 is 1. The van der Waals surface area contributed by atoms with Crippen LogP contribution in [0.5, 0.6) is 0 Å². The Morgan fingerprint density at radius 3 is 2.70 bits per heavy atom. The number of sulfonamides is 1. The van der Waals surface area contributed by atoms with E-state index < -0.39 is 32.7 Å². The van der Waals surface area contributed by atoms with Gasteiger partial charge in [-0.2, -0.15) is 4.31 Å². The Kier molecular flexibility index (Phi) is 4.39. The van der Waals surface area contributed by atoms with E-state index in [0.29, 0.717) is 12.8 Å². The van der Waals surface area contributed by atoms with Crippen LogP contribution in [0.15, 0.2) is 29.2 Å². The fourth-order valence-corrected chi connectivity index (χ4v) is 4.06. The van der Waals surface area contributed by atoms with Crippen molar-refractivity contribution in [2.24, 2.45) is 0 Å². The summed E-state index contributed by atoms with van der Waals surface area (Å²) in [5, 5.41) is 0. The summed E-state index contributed by atoms with van der Waals surface area (Å²) in [7, 11) is -2.83. The monoisotopic (exact) mass is 301 g/mol. The van der Waals surface area contributed by atoms with Crippen molar-refractivity contribution < 1.29 is 22.3 Å². The summed E-state index contributed by atoms with van der Waals surface area (Å²) in [5.41, 5.74) is 0. The van der Waals surface area contributed by atoms with Gasteiger partial charge in [0.1, 0.15) is 16.8 Å². The zero-order valence-electron chi connectivity index (χ0n) is 11.1. The van der Waals surface area contributed by atoms with Crippen LogP contribution in [-0.2, 0) is 19.6 Å². The molecule has 1 unspecified atom stereocenters. The second-order valence-corrected chi connectivity index (χ2v) is 6.44. The van der Waals surface area contributed by atoms with Crippen LogP contribution in [0.25, 0.3) is 0 Å². The molecular weight excluding hydrogens is 285 g/mol. The predicted molar refractivity (Wildman–Crippen MR) is 69.9 cm³/mol. The van der Waals surface area contributed by atoms with Crippen LogP contribution in [-0.4, -0.2) is 38.4 Å². The molecule has 1 aliphatic heterocycles. The molecule has 1 fully saturated rings. The lowest BCUT2D eigenvalue weighted by Gasteiger charge is -2.32. The fourth-order valence-electron chi connectivity index (χ4n) is 2.34. The van der Waals surface area contributed by atoms with Crippen molar-refractivity contribution >= 4 is 16.0 Å². The van der Waals surface area contributed by atoms with Crippen molar-refractivity contribution in [3.63, 3.8) is 0 Å². The molecule has 1 aromatic carbocycles. The molecule has 0 N–H and O–H groups in total. The van der Waals surface area contributed by atoms with Crippen molar-refractivity contribution in [1.82, 2.24) is 4.31 Å². The predicted octanol–water partition coefficient (Wildman–Crippen LogP) is 1.54. The first-order valence-corrected chi connectivity index (χ1v) is 7.76. The second-order valence-electron chi connectivity index (χ2n) is 4.58. The maximum Gasteiger partial charge on any atom is 0.324 e. The molecule has 0 bridgehead atoms. The zero-order chi connectivity index (χ0) is 14.8. The highest BCUT2D eigenvalue weighted by atomic mass is 32.2. The van der Waals surface area contributed by atoms with Crippen molar-refractivity contribution in [3.05, 3.63) is 30.1 Å². The Morgan fingerprint density at radius 1 is 1.35 bits per heavy atom. The number of rotatable bonds is 3. The maximum absolute atomic E-state index is 13.7. The van der Waals surface area contributed by atoms with Gasteiger partial charge in [0.25, 0.3) is 0 Å². The first-order valence-electron chi connectivity index (χ1n) is 6.32. The molecule has 110 valence electrons. The van der Waals surface area contributed by atoms with Crippen LogP contribution in [0.4, 0.5) is 4.39 Å². The van der Waals surface area contributed by atoms with E-state index in [1.165, 1.54) is 25.3 Å². The molecule has 0 radical (unpaired) electrons. The Balaban J connectivity index is 2.41. The van der Waals surface area contributed by atoms with Crippen molar-refractivity contribution in [2.45, 2.75) is 30.2 Å². The normalized spacial score (nSPS) is 20.6. The Hall–Kier alpha value is -1.47. The van der Waals surface area contributed by atoms with E-state index in [-0.39, 0.29) is 6.54 Å². The number of piperidine rings is 1. The maximum atomic E-state index is 13.7. The molecule has 1 heterocycles. The number of ether oxygens (including phenoxy) is 1. The molecule has 0 aliphatic carbocycles. The van der Waals surface area contributed by atoms with Gasteiger partial charge in [-0.15, -0.1) is 0 Å². The molecule has 1 aromatic rings. The Labute approximate surface area is 117 Å². The zero-order valence-corrected chi connectivity index (χ0v) is 11.9. The lowest BCUT2D eigenvalue weighted by molar-refractivity contribution is -0.146. The van der Waals surface area contributed by atoms with E-state index in [4.69, 9.17) is 0 Å². The van der Waals surface area contributed by atoms with Gasteiger partial charge < -0.3 is 4.74 Å². The van der Waals surface area contributed by atoms with E-state index in [0.717, 1.165) is 16.8 Å². The third-order valence-electron chi connectivity index (χ3n) is 3.35. The quantitative estimate of drug-likeness (QED) is 0.795. The van der Waals surface area contributed by atoms with Crippen molar-refractivity contribution in [3.8, 4) is 0 Å². The number of nitrogens with zero attached hydrogens (tertiary/aromatic N) is 1. The minimum absolute atomic E-state index is 0.191. The highest BCUT2D eigenvalue weighted by molar-refractivity contribution is 7.89. The van der Waals surface area contributed by atoms with Gasteiger partial charge in [-0.25, -0.2) is 12.8 Å². The Bertz CT molecular complexity index is 602. The third-order valence-corrected chi connectivity index (χ3v) is 5.29. The molecule has 7 heteroatoms. The highest BCUT2D eigenvalue weighted by Crippen LogP contribution is 2.27. The van der Waals surface area contributed by atoms with E-state index in [1.807, 2.05) is 0 Å². The van der Waals surface area contributed by atoms with Gasteiger partial charge in [0.2, 0.25) is 10.0 Å². The molecule has 1 atom stereocenters. The van der Waals surface area contributed by atoms with Crippen molar-refractivity contribution in [2.75, 3.05) is 13.7 Å². The molecule has 0 amide bonds. The molecule has 0 spiro atoms. The Morgan fingerprint density at radius 2 is 2.05 bits per heavy atom. The summed E-state index contributed by atoms with van der Waals surface area (Å²) in [6.07, 6.45) is 1.77. The third kappa shape index (κ3) is 2.69. The summed E-state index contributed by atoms with van der Waals surface area (Å²) >= 11 is 0. The van der Waals surface area contributed by atoms with E-state index in [9.17, 15) is 17.6 Å². The number of benzene rings is 1. The highest BCUT2D eigenvalue weighted by Gasteiger charge is 2.39. The van der Waals surface area contributed by atoms with Gasteiger partial charge in [-0.1, -0.05) is 12.1 Å². The number of hydrogen-bond acceptors (Lipinski definition) is 4. The summed E-state index contributed by atoms with van der Waals surface area (Å²) in [4.78, 5) is 11.3. The molecule has 5 nitrogen and oxygen atoms in total. The molecule has 2 rings (SSSR count). The SMILES string of the molecule is COC(=O)C1CCCCN1S(=O)(=O)c1ccccc1F. The topological polar surface area (TPSA) is 63.7 Å². The van der Waals surface area contributed by atoms with Crippen LogP contribution >= 0.6 is 0 Å². The van der Waals surface area contributed by atoms with Gasteiger partial charge >= 0.3 is 5.97 Å². The standard InChI is InChI=1S/C13H16FNO4S/c1-19-13(16)11-7-4-5-9-15(11)20(17,18)12-8-3-2-6-10(12)14/h2-3,6,8,11H,4-5,7,9H2,1H3. The van der Waals surface area contributed by atoms with E-state index in [2.05, 4.69) is 4.74 Å². The van der Waals surface area contributed by atoms with Gasteiger partial charge in [-0.3, -0.25) is 4.79 Å². The van der Waals surface area contributed by atoms with Crippen molar-refractivity contribution in [1.29, 1.82) is 0 Å². The first kappa shape index (κ1) is 14.9. The average molecular weight is 301 g/mol. The van der Waals surface area contributed by atoms with E-state index >= 15 is 0 Å². The molecule has 0 saturated carbocycles. The van der Waals surface area contributed by atoms with Crippen LogP contribution < -0.4 is 0 Å². The van der Waals surface area contributed by atoms with Gasteiger partial charge in [-0.05, 0) is 31.4 Å². The van der Waals surface area contributed by atoms with Gasteiger partial charge in [0.15, 0.2) is 0 Å². The van der Waals surface area contributed by atoms with E-state index in [1.54, 1.807) is 0 Å². The van der Waals surface area contributed by atoms with Gasteiger partial charge in [0, 0.05) is 6.54 Å². The summed E-state index contributed by atoms with van der Waals surface area (Å²) < 4.78 is 44.4. The summed E-state index contributed by atoms with van der Waals surface area (Å²) in [6, 6.07) is 4.28. The van der Waals surface area contributed by atoms with Crippen LogP contribution in [0.3, 0.4) is 0 Å². The molecule has 1 saturated heterocycles. The van der Waals surface area contributed by atoms with Crippen LogP contribution in [0.1, 0.15) is 19.3 Å². The smallest absolute Gasteiger partial charge is 0.324 e. The molecule has 20 heavy (non-hydrogen) atoms. The second kappa shape index (κ2) is 5.88. The number of esters is 1. The lowest BCUT2D eigenvalue weighted by Crippen LogP contribution is -2.48. The van der Waals surface area contributed by atoms with Gasteiger partial charge in [0.05, 0.1) is 7.11 Å². The number of carbonyl (C=O) groups excluding carboxylic acids is 1.